The minimum atomic E-state index is -4.87. The highest BCUT2D eigenvalue weighted by Gasteiger charge is 2.11. The van der Waals surface area contributed by atoms with Crippen LogP contribution in [0.15, 0.2) is 24.3 Å². The molecule has 0 spiro atoms. The molecular weight excluding hydrogens is 274 g/mol. The van der Waals surface area contributed by atoms with Gasteiger partial charge in [0.05, 0.1) is 9.82 Å². The second-order valence-electron chi connectivity index (χ2n) is 3.58. The van der Waals surface area contributed by atoms with Crippen LogP contribution in [0.1, 0.15) is 31.7 Å². The van der Waals surface area contributed by atoms with Gasteiger partial charge in [-0.2, -0.15) is 0 Å². The fourth-order valence-electron chi connectivity index (χ4n) is 1.38. The summed E-state index contributed by atoms with van der Waals surface area (Å²) in [5.41, 5.74) is -5.97. The smallest absolute Gasteiger partial charge is 0.215 e. The Bertz CT molecular complexity index is 1230. The number of benzene rings is 1. The predicted octanol–water partition coefficient (Wildman–Crippen LogP) is 1.32. The summed E-state index contributed by atoms with van der Waals surface area (Å²) in [6, 6.07) is -2.96. The van der Waals surface area contributed by atoms with E-state index in [2.05, 4.69) is 4.98 Å². The van der Waals surface area contributed by atoms with Crippen molar-refractivity contribution < 1.29 is 29.0 Å². The number of aromatic nitrogens is 1. The van der Waals surface area contributed by atoms with Gasteiger partial charge in [-0.15, -0.1) is 0 Å². The lowest BCUT2D eigenvalue weighted by Gasteiger charge is -2.08. The first-order valence-corrected chi connectivity index (χ1v) is 6.72. The molecule has 0 aliphatic carbocycles. The second kappa shape index (κ2) is 5.95. The van der Waals surface area contributed by atoms with Crippen molar-refractivity contribution in [2.75, 3.05) is 27.5 Å². The molecule has 2 N–H and O–H groups in total. The molecule has 6 heteroatoms. The van der Waals surface area contributed by atoms with Crippen LogP contribution in [-0.4, -0.2) is 45.8 Å². The molecule has 0 aliphatic rings. The van der Waals surface area contributed by atoms with Crippen molar-refractivity contribution in [1.29, 1.82) is 0 Å². The van der Waals surface area contributed by atoms with Gasteiger partial charge in [0, 0.05) is 40.0 Å². The summed E-state index contributed by atoms with van der Waals surface area (Å²) in [5.74, 6) is 0. The molecule has 0 aliphatic heterocycles. The Labute approximate surface area is 141 Å². The van der Waals surface area contributed by atoms with E-state index < -0.39 is 87.6 Å². The van der Waals surface area contributed by atoms with Crippen LogP contribution >= 0.6 is 0 Å². The van der Waals surface area contributed by atoms with Crippen molar-refractivity contribution in [2.24, 2.45) is 0 Å². The van der Waals surface area contributed by atoms with Gasteiger partial charge in [-0.25, -0.2) is 13.1 Å². The van der Waals surface area contributed by atoms with E-state index in [1.807, 2.05) is 0 Å². The Morgan fingerprint density at radius 2 is 2.30 bits per heavy atom. The fraction of sp³-hybridized carbons (Fsp3) is 0.429. The highest BCUT2D eigenvalue weighted by molar-refractivity contribution is 7.88. The number of nitrogens with zero attached hydrogens (tertiary/aromatic N) is 1. The Hall–Kier alpha value is -1.37. The lowest BCUT2D eigenvalue weighted by atomic mass is 10.1. The SMILES string of the molecule is [2H]c1c(C([2H])([2H])S(=O)(=O)NC)c([2H])c2c(C([2H])([2H])C([2H])([2H])N(C([2H])([2H])[2H])C([2H])([2H])[2H])c[nH]c2c1[2H]. The zero-order valence-electron chi connectivity index (χ0n) is 25.2. The number of aryl methyl sites for hydroxylation is 1. The van der Waals surface area contributed by atoms with Gasteiger partial charge in [0.2, 0.25) is 10.0 Å². The van der Waals surface area contributed by atoms with Crippen molar-refractivity contribution in [3.05, 3.63) is 35.5 Å². The monoisotopic (exact) mass is 310 g/mol. The zero-order valence-corrected chi connectivity index (χ0v) is 11.1. The first kappa shape index (κ1) is 4.83. The van der Waals surface area contributed by atoms with Gasteiger partial charge >= 0.3 is 0 Å². The van der Waals surface area contributed by atoms with Gasteiger partial charge in [-0.3, -0.25) is 0 Å². The van der Waals surface area contributed by atoms with E-state index in [1.54, 1.807) is 4.72 Å². The van der Waals surface area contributed by atoms with Crippen LogP contribution in [0.2, 0.25) is 0 Å². The quantitative estimate of drug-likeness (QED) is 0.846. The Morgan fingerprint density at radius 1 is 1.50 bits per heavy atom. The van der Waals surface area contributed by atoms with Crippen LogP contribution < -0.4 is 4.72 Å². The molecule has 0 bridgehead atoms. The summed E-state index contributed by atoms with van der Waals surface area (Å²) in [4.78, 5) is 1.71. The summed E-state index contributed by atoms with van der Waals surface area (Å²) in [7, 11) is -4.00. The third-order valence-corrected chi connectivity index (χ3v) is 3.26. The molecule has 2 aromatic rings. The molecule has 0 saturated carbocycles. The molecule has 0 atom stereocenters. The molecule has 0 unspecified atom stereocenters. The molecule has 20 heavy (non-hydrogen) atoms. The van der Waals surface area contributed by atoms with Gasteiger partial charge in [0.1, 0.15) is 0 Å². The van der Waals surface area contributed by atoms with Crippen LogP contribution in [0, 0.1) is 0 Å². The zero-order chi connectivity index (χ0) is 27.7. The van der Waals surface area contributed by atoms with E-state index in [-0.39, 0.29) is 0 Å². The molecule has 5 nitrogen and oxygen atoms in total. The first-order valence-electron chi connectivity index (χ1n) is 12.7. The third-order valence-electron chi connectivity index (χ3n) is 2.25. The van der Waals surface area contributed by atoms with Gasteiger partial charge in [-0.1, -0.05) is 6.04 Å². The Kier molecular flexibility index (Phi) is 1.44. The molecule has 1 aromatic carbocycles. The van der Waals surface area contributed by atoms with Gasteiger partial charge < -0.3 is 9.88 Å². The summed E-state index contributed by atoms with van der Waals surface area (Å²) in [6.45, 7) is -11.1. The lowest BCUT2D eigenvalue weighted by Crippen LogP contribution is -2.20. The molecule has 110 valence electrons. The largest absolute Gasteiger partial charge is 0.361 e. The number of fused-ring (bicyclic) bond motifs is 1. The fourth-order valence-corrected chi connectivity index (χ4v) is 1.86. The number of hydrogen-bond donors (Lipinski definition) is 2. The average Bonchev–Trinajstić information content (AvgIpc) is 3.09. The van der Waals surface area contributed by atoms with Crippen LogP contribution in [-0.2, 0) is 22.1 Å². The van der Waals surface area contributed by atoms with E-state index in [0.717, 1.165) is 13.2 Å². The van der Waals surface area contributed by atoms with Crippen molar-refractivity contribution in [3.63, 3.8) is 0 Å². The highest BCUT2D eigenvalue weighted by Crippen LogP contribution is 2.21. The minimum Gasteiger partial charge on any atom is -0.361 e. The molecule has 2 rings (SSSR count). The summed E-state index contributed by atoms with van der Waals surface area (Å²) in [6.07, 6.45) is -2.81. The highest BCUT2D eigenvalue weighted by atomic mass is 32.2. The second-order valence-corrected chi connectivity index (χ2v) is 5.20. The molecule has 0 amide bonds. The molecule has 0 fully saturated rings. The maximum Gasteiger partial charge on any atom is 0.215 e. The van der Waals surface area contributed by atoms with Crippen molar-refractivity contribution >= 4 is 20.9 Å². The predicted molar refractivity (Wildman–Crippen MR) is 82.2 cm³/mol. The van der Waals surface area contributed by atoms with Gasteiger partial charge in [-0.05, 0) is 50.6 Å². The van der Waals surface area contributed by atoms with Gasteiger partial charge in [0.25, 0.3) is 0 Å². The van der Waals surface area contributed by atoms with E-state index in [4.69, 9.17) is 20.6 Å². The lowest BCUT2D eigenvalue weighted by molar-refractivity contribution is 0.414. The number of nitrogens with one attached hydrogen (secondary N) is 2. The third kappa shape index (κ3) is 3.59. The number of H-pyrrole nitrogens is 1. The van der Waals surface area contributed by atoms with E-state index in [1.165, 1.54) is 0 Å². The summed E-state index contributed by atoms with van der Waals surface area (Å²) >= 11 is 0. The summed E-state index contributed by atoms with van der Waals surface area (Å²) in [5, 5.41) is -0.721. The van der Waals surface area contributed by atoms with E-state index in [9.17, 15) is 8.42 Å². The molecule has 1 heterocycles. The van der Waals surface area contributed by atoms with Crippen molar-refractivity contribution in [3.8, 4) is 0 Å². The Balaban J connectivity index is 3.01. The molecule has 0 saturated heterocycles. The van der Waals surface area contributed by atoms with Crippen LogP contribution in [0.5, 0.6) is 0 Å². The Morgan fingerprint density at radius 3 is 3.00 bits per heavy atom. The van der Waals surface area contributed by atoms with Crippen LogP contribution in [0.25, 0.3) is 10.9 Å². The number of hydrogen-bond acceptors (Lipinski definition) is 3. The summed E-state index contributed by atoms with van der Waals surface area (Å²) < 4.78 is 145. The number of rotatable bonds is 6. The molecule has 1 aromatic heterocycles. The van der Waals surface area contributed by atoms with Crippen molar-refractivity contribution in [2.45, 2.75) is 12.1 Å². The van der Waals surface area contributed by atoms with Crippen LogP contribution in [0.4, 0.5) is 0 Å². The first-order chi connectivity index (χ1) is 15.4. The molecular formula is C14H21N3O2S. The molecule has 0 radical (unpaired) electrons. The van der Waals surface area contributed by atoms with Gasteiger partial charge in [0.15, 0.2) is 0 Å². The maximum atomic E-state index is 12.3. The minimum absolute atomic E-state index is 0.467. The number of likely N-dealkylation sites (N-methyl/N-ethyl adjacent to an activating group) is 1. The van der Waals surface area contributed by atoms with Crippen molar-refractivity contribution in [1.82, 2.24) is 14.6 Å². The van der Waals surface area contributed by atoms with E-state index in [0.29, 0.717) is 0 Å². The topological polar surface area (TPSA) is 65.2 Å². The van der Waals surface area contributed by atoms with E-state index >= 15 is 0 Å². The maximum absolute atomic E-state index is 12.3. The standard InChI is InChI=1S/C14H21N3O2S/c1-15-20(18,19)10-11-4-5-14-13(8-11)12(9-16-14)6-7-17(2)3/h4-5,8-9,15-16H,6-7,10H2,1-3H3/i2D3,3D3,4D,5D,6D2,7D2,8D,10D2. The number of aromatic amines is 1. The average molecular weight is 310 g/mol. The normalized spacial score (nSPS) is 26.8. The number of sulfonamides is 1. The van der Waals surface area contributed by atoms with Crippen LogP contribution in [0.3, 0.4) is 0 Å².